The van der Waals surface area contributed by atoms with Gasteiger partial charge in [0.25, 0.3) is 0 Å². The zero-order chi connectivity index (χ0) is 15.2. The maximum absolute atomic E-state index is 6.47. The number of alkyl halides is 1. The number of aryl methyl sites for hydroxylation is 1. The molecule has 0 heterocycles. The molecule has 0 fully saturated rings. The van der Waals surface area contributed by atoms with E-state index in [1.165, 1.54) is 0 Å². The van der Waals surface area contributed by atoms with E-state index in [0.717, 1.165) is 39.9 Å². The van der Waals surface area contributed by atoms with Crippen LogP contribution in [0.5, 0.6) is 11.5 Å². The zero-order valence-corrected chi connectivity index (χ0v) is 14.4. The molecule has 0 radical (unpaired) electrons. The lowest BCUT2D eigenvalue weighted by atomic mass is 10.0. The fraction of sp³-hybridized carbons (Fsp3) is 0.294. The Morgan fingerprint density at radius 2 is 1.76 bits per heavy atom. The van der Waals surface area contributed by atoms with Crippen LogP contribution in [0.2, 0.25) is 0 Å². The summed E-state index contributed by atoms with van der Waals surface area (Å²) in [6, 6.07) is 14.1. The maximum Gasteiger partial charge on any atom is 0.139 e. The van der Waals surface area contributed by atoms with Crippen molar-refractivity contribution in [3.05, 3.63) is 58.1 Å². The van der Waals surface area contributed by atoms with Crippen LogP contribution in [0.15, 0.2) is 46.9 Å². The normalized spacial score (nSPS) is 12.0. The topological polar surface area (TPSA) is 18.5 Å². The highest BCUT2D eigenvalue weighted by molar-refractivity contribution is 9.10. The Hall–Kier alpha value is -1.19. The van der Waals surface area contributed by atoms with Crippen LogP contribution >= 0.6 is 27.5 Å². The Morgan fingerprint density at radius 1 is 1.05 bits per heavy atom. The first-order valence-electron chi connectivity index (χ1n) is 6.75. The summed E-state index contributed by atoms with van der Waals surface area (Å²) in [5.74, 6) is 1.58. The number of benzene rings is 2. The van der Waals surface area contributed by atoms with Crippen molar-refractivity contribution in [2.24, 2.45) is 0 Å². The molecule has 2 rings (SSSR count). The Kier molecular flexibility index (Phi) is 5.95. The van der Waals surface area contributed by atoms with Gasteiger partial charge in [-0.05, 0) is 46.0 Å². The van der Waals surface area contributed by atoms with Crippen molar-refractivity contribution >= 4 is 27.5 Å². The van der Waals surface area contributed by atoms with Gasteiger partial charge in [0.05, 0.1) is 19.6 Å². The highest BCUT2D eigenvalue weighted by Gasteiger charge is 2.14. The number of hydrogen-bond donors (Lipinski definition) is 0. The van der Waals surface area contributed by atoms with Crippen molar-refractivity contribution < 1.29 is 9.47 Å². The number of ether oxygens (including phenoxy) is 2. The second-order valence-electron chi connectivity index (χ2n) is 4.69. The van der Waals surface area contributed by atoms with Crippen LogP contribution in [0.1, 0.15) is 22.9 Å². The number of rotatable bonds is 6. The lowest BCUT2D eigenvalue weighted by Gasteiger charge is -2.15. The molecule has 0 aliphatic carbocycles. The molecule has 0 aliphatic rings. The molecule has 2 aromatic carbocycles. The molecule has 0 saturated carbocycles. The Bertz CT molecular complexity index is 587. The maximum atomic E-state index is 6.47. The summed E-state index contributed by atoms with van der Waals surface area (Å²) < 4.78 is 11.6. The van der Waals surface area contributed by atoms with E-state index in [1.807, 2.05) is 30.3 Å². The van der Waals surface area contributed by atoms with E-state index in [0.29, 0.717) is 0 Å². The van der Waals surface area contributed by atoms with Gasteiger partial charge < -0.3 is 9.47 Å². The minimum Gasteiger partial charge on any atom is -0.495 e. The predicted octanol–water partition coefficient (Wildman–Crippen LogP) is 5.38. The van der Waals surface area contributed by atoms with Gasteiger partial charge in [0.15, 0.2) is 0 Å². The largest absolute Gasteiger partial charge is 0.495 e. The van der Waals surface area contributed by atoms with Crippen LogP contribution in [0.4, 0.5) is 0 Å². The highest BCUT2D eigenvalue weighted by Crippen LogP contribution is 2.38. The molecule has 0 N–H and O–H groups in total. The summed E-state index contributed by atoms with van der Waals surface area (Å²) in [5.41, 5.74) is 2.26. The van der Waals surface area contributed by atoms with E-state index >= 15 is 0 Å². The molecule has 0 bridgehead atoms. The molecule has 0 amide bonds. The van der Waals surface area contributed by atoms with Crippen LogP contribution in [-0.4, -0.2) is 14.2 Å². The first-order chi connectivity index (χ1) is 10.2. The smallest absolute Gasteiger partial charge is 0.139 e. The standard InChI is InChI=1S/C17H18BrClO2/c1-20-15-11-9-13(17(21-2)16(15)18)8-10-14(19)12-6-4-3-5-7-12/h3-7,9,11,14H,8,10H2,1-2H3. The summed E-state index contributed by atoms with van der Waals surface area (Å²) in [7, 11) is 3.31. The molecule has 21 heavy (non-hydrogen) atoms. The van der Waals surface area contributed by atoms with Crippen molar-refractivity contribution in [3.8, 4) is 11.5 Å². The second-order valence-corrected chi connectivity index (χ2v) is 6.01. The van der Waals surface area contributed by atoms with Gasteiger partial charge >= 0.3 is 0 Å². The molecule has 0 spiro atoms. The van der Waals surface area contributed by atoms with E-state index in [9.17, 15) is 0 Å². The Morgan fingerprint density at radius 3 is 2.38 bits per heavy atom. The molecule has 0 saturated heterocycles. The van der Waals surface area contributed by atoms with Crippen LogP contribution in [0.25, 0.3) is 0 Å². The van der Waals surface area contributed by atoms with Gasteiger partial charge in [-0.1, -0.05) is 36.4 Å². The fourth-order valence-electron chi connectivity index (χ4n) is 2.26. The SMILES string of the molecule is COc1ccc(CCC(Cl)c2ccccc2)c(OC)c1Br. The van der Waals surface area contributed by atoms with E-state index in [1.54, 1.807) is 14.2 Å². The van der Waals surface area contributed by atoms with Crippen molar-refractivity contribution in [3.63, 3.8) is 0 Å². The molecule has 112 valence electrons. The molecule has 2 aromatic rings. The van der Waals surface area contributed by atoms with E-state index in [-0.39, 0.29) is 5.38 Å². The van der Waals surface area contributed by atoms with Crippen LogP contribution in [0, 0.1) is 0 Å². The quantitative estimate of drug-likeness (QED) is 0.636. The first kappa shape index (κ1) is 16.2. The van der Waals surface area contributed by atoms with Crippen molar-refractivity contribution in [2.45, 2.75) is 18.2 Å². The summed E-state index contributed by atoms with van der Waals surface area (Å²) in [4.78, 5) is 0. The van der Waals surface area contributed by atoms with Crippen LogP contribution in [-0.2, 0) is 6.42 Å². The zero-order valence-electron chi connectivity index (χ0n) is 12.1. The second kappa shape index (κ2) is 7.71. The lowest BCUT2D eigenvalue weighted by molar-refractivity contribution is 0.386. The van der Waals surface area contributed by atoms with Gasteiger partial charge in [0.2, 0.25) is 0 Å². The average Bonchev–Trinajstić information content (AvgIpc) is 2.53. The van der Waals surface area contributed by atoms with Gasteiger partial charge in [-0.25, -0.2) is 0 Å². The number of hydrogen-bond acceptors (Lipinski definition) is 2. The Labute approximate surface area is 139 Å². The lowest BCUT2D eigenvalue weighted by Crippen LogP contribution is -1.98. The molecule has 2 nitrogen and oxygen atoms in total. The van der Waals surface area contributed by atoms with Crippen molar-refractivity contribution in [1.82, 2.24) is 0 Å². The van der Waals surface area contributed by atoms with Gasteiger partial charge in [0, 0.05) is 0 Å². The monoisotopic (exact) mass is 368 g/mol. The molecule has 1 unspecified atom stereocenters. The third-order valence-electron chi connectivity index (χ3n) is 3.40. The number of halogens is 2. The summed E-state index contributed by atoms with van der Waals surface area (Å²) in [5, 5.41) is -0.00298. The average molecular weight is 370 g/mol. The molecule has 0 aromatic heterocycles. The van der Waals surface area contributed by atoms with Gasteiger partial charge in [0.1, 0.15) is 16.0 Å². The molecule has 4 heteroatoms. The van der Waals surface area contributed by atoms with E-state index in [2.05, 4.69) is 28.1 Å². The third kappa shape index (κ3) is 3.92. The molecular weight excluding hydrogens is 352 g/mol. The van der Waals surface area contributed by atoms with E-state index < -0.39 is 0 Å². The fourth-order valence-corrected chi connectivity index (χ4v) is 3.23. The highest BCUT2D eigenvalue weighted by atomic mass is 79.9. The summed E-state index contributed by atoms with van der Waals surface area (Å²) in [6.45, 7) is 0. The predicted molar refractivity (Wildman–Crippen MR) is 90.6 cm³/mol. The minimum atomic E-state index is -0.00298. The van der Waals surface area contributed by atoms with E-state index in [4.69, 9.17) is 21.1 Å². The van der Waals surface area contributed by atoms with Crippen molar-refractivity contribution in [2.75, 3.05) is 14.2 Å². The van der Waals surface area contributed by atoms with Gasteiger partial charge in [-0.3, -0.25) is 0 Å². The van der Waals surface area contributed by atoms with Gasteiger partial charge in [-0.15, -0.1) is 11.6 Å². The molecular formula is C17H18BrClO2. The summed E-state index contributed by atoms with van der Waals surface area (Å²) >= 11 is 9.99. The number of methoxy groups -OCH3 is 2. The minimum absolute atomic E-state index is 0.00298. The third-order valence-corrected chi connectivity index (χ3v) is 4.62. The van der Waals surface area contributed by atoms with Crippen LogP contribution in [0.3, 0.4) is 0 Å². The van der Waals surface area contributed by atoms with Crippen molar-refractivity contribution in [1.29, 1.82) is 0 Å². The first-order valence-corrected chi connectivity index (χ1v) is 7.98. The Balaban J connectivity index is 2.11. The summed E-state index contributed by atoms with van der Waals surface area (Å²) in [6.07, 6.45) is 1.69. The van der Waals surface area contributed by atoms with Crippen LogP contribution < -0.4 is 9.47 Å². The van der Waals surface area contributed by atoms with Gasteiger partial charge in [-0.2, -0.15) is 0 Å². The molecule has 1 atom stereocenters. The molecule has 0 aliphatic heterocycles.